The zero-order valence-electron chi connectivity index (χ0n) is 21.5. The van der Waals surface area contributed by atoms with Gasteiger partial charge in [-0.3, -0.25) is 4.90 Å². The molecule has 0 rings (SSSR count). The van der Waals surface area contributed by atoms with Crippen molar-refractivity contribution in [3.05, 3.63) is 0 Å². The van der Waals surface area contributed by atoms with E-state index < -0.39 is 12.1 Å². The Morgan fingerprint density at radius 2 is 1.16 bits per heavy atom. The molecule has 0 saturated carbocycles. The smallest absolute Gasteiger partial charge is 0.410 e. The van der Waals surface area contributed by atoms with Crippen LogP contribution in [-0.2, 0) is 14.3 Å². The molecule has 1 unspecified atom stereocenters. The van der Waals surface area contributed by atoms with Crippen molar-refractivity contribution in [3.63, 3.8) is 0 Å². The van der Waals surface area contributed by atoms with Gasteiger partial charge in [-0.05, 0) is 18.8 Å². The largest absolute Gasteiger partial charge is 0.464 e. The van der Waals surface area contributed by atoms with Crippen LogP contribution in [0.3, 0.4) is 0 Å². The Kier molecular flexibility index (Phi) is 17.6. The van der Waals surface area contributed by atoms with Crippen molar-refractivity contribution in [1.82, 2.24) is 4.90 Å². The Labute approximate surface area is 192 Å². The molecule has 1 atom stereocenters. The molecule has 184 valence electrons. The van der Waals surface area contributed by atoms with Crippen molar-refractivity contribution in [2.24, 2.45) is 5.41 Å². The first kappa shape index (κ1) is 29.7. The summed E-state index contributed by atoms with van der Waals surface area (Å²) in [6, 6.07) is -0.640. The van der Waals surface area contributed by atoms with E-state index in [9.17, 15) is 9.59 Å². The van der Waals surface area contributed by atoms with Crippen molar-refractivity contribution >= 4 is 12.1 Å². The molecule has 0 aromatic carbocycles. The summed E-state index contributed by atoms with van der Waals surface area (Å²) in [4.78, 5) is 25.5. The molecule has 5 heteroatoms. The van der Waals surface area contributed by atoms with Gasteiger partial charge in [0.2, 0.25) is 0 Å². The van der Waals surface area contributed by atoms with Crippen LogP contribution in [0, 0.1) is 5.41 Å². The molecule has 0 radical (unpaired) electrons. The molecule has 0 N–H and O–H groups in total. The van der Waals surface area contributed by atoms with Crippen LogP contribution in [0.4, 0.5) is 4.79 Å². The van der Waals surface area contributed by atoms with E-state index in [1.165, 1.54) is 81.9 Å². The number of hydrogen-bond donors (Lipinski definition) is 0. The molecule has 0 bridgehead atoms. The molecule has 0 aliphatic carbocycles. The van der Waals surface area contributed by atoms with Crippen molar-refractivity contribution < 1.29 is 19.1 Å². The second kappa shape index (κ2) is 18.3. The van der Waals surface area contributed by atoms with Crippen LogP contribution in [0.2, 0.25) is 0 Å². The van der Waals surface area contributed by atoms with Gasteiger partial charge in [-0.15, -0.1) is 0 Å². The van der Waals surface area contributed by atoms with Gasteiger partial charge in [0.1, 0.15) is 6.04 Å². The number of likely N-dealkylation sites (N-methyl/N-ethyl adjacent to an activating group) is 1. The molecular weight excluding hydrogens is 390 g/mol. The van der Waals surface area contributed by atoms with Crippen LogP contribution < -0.4 is 0 Å². The average molecular weight is 442 g/mol. The topological polar surface area (TPSA) is 55.8 Å². The first-order valence-electron chi connectivity index (χ1n) is 12.7. The molecule has 31 heavy (non-hydrogen) atoms. The number of unbranched alkanes of at least 4 members (excludes halogenated alkanes) is 13. The Hall–Kier alpha value is -1.26. The summed E-state index contributed by atoms with van der Waals surface area (Å²) < 4.78 is 10.6. The fourth-order valence-electron chi connectivity index (χ4n) is 3.29. The van der Waals surface area contributed by atoms with Gasteiger partial charge in [0.15, 0.2) is 0 Å². The lowest BCUT2D eigenvalue weighted by Crippen LogP contribution is -2.42. The molecule has 1 amide bonds. The minimum Gasteiger partial charge on any atom is -0.464 e. The zero-order valence-corrected chi connectivity index (χ0v) is 21.5. The summed E-state index contributed by atoms with van der Waals surface area (Å²) in [6.07, 6.45) is 17.7. The highest BCUT2D eigenvalue weighted by Crippen LogP contribution is 2.15. The summed E-state index contributed by atoms with van der Waals surface area (Å²) in [5.41, 5.74) is -0.103. The number of carbonyl (C=O) groups is 2. The van der Waals surface area contributed by atoms with Crippen molar-refractivity contribution in [2.75, 3.05) is 20.3 Å². The zero-order chi connectivity index (χ0) is 23.5. The Bertz CT molecular complexity index is 459. The third-order valence-corrected chi connectivity index (χ3v) is 5.58. The van der Waals surface area contributed by atoms with E-state index in [1.54, 1.807) is 14.0 Å². The monoisotopic (exact) mass is 441 g/mol. The maximum Gasteiger partial charge on any atom is 0.410 e. The van der Waals surface area contributed by atoms with Crippen molar-refractivity contribution in [3.8, 4) is 0 Å². The van der Waals surface area contributed by atoms with Crippen molar-refractivity contribution in [2.45, 2.75) is 131 Å². The predicted octanol–water partition coefficient (Wildman–Crippen LogP) is 7.51. The quantitative estimate of drug-likeness (QED) is 0.163. The SMILES string of the molecule is CCCCCCCCCCCCCCCCOC(=O)C(C)N(C)C(=O)OCC(C)(C)C. The highest BCUT2D eigenvalue weighted by Gasteiger charge is 2.25. The first-order chi connectivity index (χ1) is 14.7. The number of amides is 1. The van der Waals surface area contributed by atoms with Crippen LogP contribution in [0.15, 0.2) is 0 Å². The van der Waals surface area contributed by atoms with E-state index in [-0.39, 0.29) is 11.4 Å². The van der Waals surface area contributed by atoms with E-state index in [0.29, 0.717) is 13.2 Å². The standard InChI is InChI=1S/C26H51NO4/c1-7-8-9-10-11-12-13-14-15-16-17-18-19-20-21-30-24(28)23(2)27(6)25(29)31-22-26(3,4)5/h23H,7-22H2,1-6H3. The lowest BCUT2D eigenvalue weighted by Gasteiger charge is -2.25. The molecule has 0 heterocycles. The number of hydrogen-bond acceptors (Lipinski definition) is 4. The third kappa shape index (κ3) is 18.1. The normalized spacial score (nSPS) is 12.5. The Morgan fingerprint density at radius 1 is 0.742 bits per heavy atom. The second-order valence-electron chi connectivity index (χ2n) is 10.2. The highest BCUT2D eigenvalue weighted by molar-refractivity contribution is 5.80. The Morgan fingerprint density at radius 3 is 1.58 bits per heavy atom. The molecular formula is C26H51NO4. The van der Waals surface area contributed by atoms with Gasteiger partial charge in [-0.1, -0.05) is 111 Å². The predicted molar refractivity (Wildman–Crippen MR) is 129 cm³/mol. The summed E-state index contributed by atoms with van der Waals surface area (Å²) in [5.74, 6) is -0.370. The molecule has 0 aromatic rings. The summed E-state index contributed by atoms with van der Waals surface area (Å²) in [5, 5.41) is 0. The minimum atomic E-state index is -0.640. The lowest BCUT2D eigenvalue weighted by molar-refractivity contribution is -0.148. The highest BCUT2D eigenvalue weighted by atomic mass is 16.6. The molecule has 0 saturated heterocycles. The van der Waals surface area contributed by atoms with Crippen LogP contribution in [-0.4, -0.2) is 43.3 Å². The molecule has 0 fully saturated rings. The number of esters is 1. The Balaban J connectivity index is 3.59. The second-order valence-corrected chi connectivity index (χ2v) is 10.2. The molecule has 0 aromatic heterocycles. The maximum absolute atomic E-state index is 12.2. The summed E-state index contributed by atoms with van der Waals surface area (Å²) in [7, 11) is 1.57. The van der Waals surface area contributed by atoms with E-state index >= 15 is 0 Å². The van der Waals surface area contributed by atoms with Crippen LogP contribution in [0.5, 0.6) is 0 Å². The molecule has 0 spiro atoms. The van der Waals surface area contributed by atoms with E-state index in [2.05, 4.69) is 6.92 Å². The fourth-order valence-corrected chi connectivity index (χ4v) is 3.29. The van der Waals surface area contributed by atoms with Gasteiger partial charge in [0.05, 0.1) is 13.2 Å². The van der Waals surface area contributed by atoms with Crippen LogP contribution in [0.1, 0.15) is 125 Å². The summed E-state index contributed by atoms with van der Waals surface area (Å²) >= 11 is 0. The minimum absolute atomic E-state index is 0.103. The van der Waals surface area contributed by atoms with Gasteiger partial charge >= 0.3 is 12.1 Å². The molecule has 0 aliphatic heterocycles. The van der Waals surface area contributed by atoms with Gasteiger partial charge in [-0.25, -0.2) is 9.59 Å². The third-order valence-electron chi connectivity index (χ3n) is 5.58. The number of nitrogens with zero attached hydrogens (tertiary/aromatic N) is 1. The van der Waals surface area contributed by atoms with Gasteiger partial charge in [-0.2, -0.15) is 0 Å². The lowest BCUT2D eigenvalue weighted by atomic mass is 9.99. The number of rotatable bonds is 18. The van der Waals surface area contributed by atoms with E-state index in [1.807, 2.05) is 20.8 Å². The summed E-state index contributed by atoms with van der Waals surface area (Å²) in [6.45, 7) is 10.7. The number of ether oxygens (including phenoxy) is 2. The molecule has 0 aliphatic rings. The molecule has 5 nitrogen and oxygen atoms in total. The van der Waals surface area contributed by atoms with Gasteiger partial charge < -0.3 is 9.47 Å². The van der Waals surface area contributed by atoms with Gasteiger partial charge in [0.25, 0.3) is 0 Å². The first-order valence-corrected chi connectivity index (χ1v) is 12.7. The fraction of sp³-hybridized carbons (Fsp3) is 0.923. The maximum atomic E-state index is 12.2. The van der Waals surface area contributed by atoms with Crippen LogP contribution in [0.25, 0.3) is 0 Å². The van der Waals surface area contributed by atoms with Crippen LogP contribution >= 0.6 is 0 Å². The average Bonchev–Trinajstić information content (AvgIpc) is 2.72. The van der Waals surface area contributed by atoms with E-state index in [4.69, 9.17) is 9.47 Å². The van der Waals surface area contributed by atoms with E-state index in [0.717, 1.165) is 12.8 Å². The van der Waals surface area contributed by atoms with Crippen molar-refractivity contribution in [1.29, 1.82) is 0 Å². The van der Waals surface area contributed by atoms with Gasteiger partial charge in [0, 0.05) is 7.05 Å². The number of carbonyl (C=O) groups excluding carboxylic acids is 2.